The van der Waals surface area contributed by atoms with Gasteiger partial charge < -0.3 is 20.5 Å². The van der Waals surface area contributed by atoms with Gasteiger partial charge >= 0.3 is 5.97 Å². The number of esters is 1. The Morgan fingerprint density at radius 3 is 2.39 bits per heavy atom. The highest BCUT2D eigenvalue weighted by Crippen LogP contribution is 2.33. The molecule has 0 bridgehead atoms. The summed E-state index contributed by atoms with van der Waals surface area (Å²) in [4.78, 5) is 26.2. The molecule has 1 amide bonds. The van der Waals surface area contributed by atoms with E-state index < -0.39 is 23.5 Å². The number of carbonyl (C=O) groups is 2. The van der Waals surface area contributed by atoms with E-state index in [-0.39, 0.29) is 17.6 Å². The summed E-state index contributed by atoms with van der Waals surface area (Å²) in [6.45, 7) is 9.91. The normalized spacial score (nSPS) is 12.4. The Kier molecular flexibility index (Phi) is 7.35. The van der Waals surface area contributed by atoms with Gasteiger partial charge in [0, 0.05) is 16.8 Å². The molecule has 0 spiro atoms. The van der Waals surface area contributed by atoms with Crippen LogP contribution in [0.1, 0.15) is 56.6 Å². The van der Waals surface area contributed by atoms with E-state index in [9.17, 15) is 9.59 Å². The molecule has 2 aromatic rings. The van der Waals surface area contributed by atoms with Crippen molar-refractivity contribution in [2.24, 2.45) is 5.41 Å². The largest absolute Gasteiger partial charge is 0.481 e. The smallest absolute Gasteiger partial charge is 0.339 e. The molecule has 2 aromatic carbocycles. The maximum Gasteiger partial charge on any atom is 0.339 e. The third-order valence-electron chi connectivity index (χ3n) is 5.41. The predicted octanol–water partition coefficient (Wildman–Crippen LogP) is 4.12. The number of hydrogen-bond acceptors (Lipinski definition) is 5. The summed E-state index contributed by atoms with van der Waals surface area (Å²) in [5.41, 5.74) is 6.02. The summed E-state index contributed by atoms with van der Waals surface area (Å²) in [7, 11) is 0. The number of amides is 1. The summed E-state index contributed by atoms with van der Waals surface area (Å²) < 4.78 is 11.3. The highest BCUT2D eigenvalue weighted by molar-refractivity contribution is 5.93. The molecular formula is C25H30N2O4. The third-order valence-corrected chi connectivity index (χ3v) is 5.41. The van der Waals surface area contributed by atoms with E-state index in [2.05, 4.69) is 11.2 Å². The van der Waals surface area contributed by atoms with E-state index in [0.29, 0.717) is 17.0 Å². The quantitative estimate of drug-likeness (QED) is 0.398. The lowest BCUT2D eigenvalue weighted by Gasteiger charge is -2.40. The molecule has 6 heteroatoms. The molecule has 0 saturated heterocycles. The molecule has 164 valence electrons. The first-order chi connectivity index (χ1) is 14.5. The van der Waals surface area contributed by atoms with Crippen molar-refractivity contribution in [1.82, 2.24) is 5.32 Å². The predicted molar refractivity (Wildman–Crippen MR) is 121 cm³/mol. The van der Waals surface area contributed by atoms with Gasteiger partial charge in [-0.1, -0.05) is 51.0 Å². The zero-order valence-electron chi connectivity index (χ0n) is 18.7. The van der Waals surface area contributed by atoms with Crippen LogP contribution in [0.2, 0.25) is 0 Å². The zero-order valence-corrected chi connectivity index (χ0v) is 18.7. The summed E-state index contributed by atoms with van der Waals surface area (Å²) >= 11 is 0. The van der Waals surface area contributed by atoms with Gasteiger partial charge in [-0.25, -0.2) is 4.79 Å². The summed E-state index contributed by atoms with van der Waals surface area (Å²) in [6.07, 6.45) is 4.07. The molecule has 0 fully saturated rings. The average Bonchev–Trinajstić information content (AvgIpc) is 2.69. The van der Waals surface area contributed by atoms with Gasteiger partial charge in [0.2, 0.25) is 6.10 Å². The van der Waals surface area contributed by atoms with E-state index in [4.69, 9.17) is 21.6 Å². The van der Waals surface area contributed by atoms with Gasteiger partial charge in [0.15, 0.2) is 0 Å². The van der Waals surface area contributed by atoms with Gasteiger partial charge in [0.1, 0.15) is 12.4 Å². The van der Waals surface area contributed by atoms with Crippen LogP contribution in [0.5, 0.6) is 5.75 Å². The molecule has 0 aliphatic rings. The SMILES string of the molecule is C#CCOc1ccccc1C(OC(=O)c1cccc(N)c1)C(=O)NC(C)(C)C(C)(C)C. The Morgan fingerprint density at radius 2 is 1.77 bits per heavy atom. The number of para-hydroxylation sites is 1. The molecular weight excluding hydrogens is 392 g/mol. The molecule has 0 aromatic heterocycles. The molecule has 1 unspecified atom stereocenters. The van der Waals surface area contributed by atoms with Gasteiger partial charge in [-0.3, -0.25) is 4.79 Å². The number of nitrogens with two attached hydrogens (primary N) is 1. The van der Waals surface area contributed by atoms with Crippen LogP contribution >= 0.6 is 0 Å². The molecule has 0 heterocycles. The van der Waals surface area contributed by atoms with Crippen LogP contribution in [-0.2, 0) is 9.53 Å². The number of terminal acetylenes is 1. The van der Waals surface area contributed by atoms with Gasteiger partial charge in [-0.15, -0.1) is 6.42 Å². The van der Waals surface area contributed by atoms with Crippen LogP contribution in [0.15, 0.2) is 48.5 Å². The molecule has 2 rings (SSSR count). The van der Waals surface area contributed by atoms with E-state index in [1.165, 1.54) is 6.07 Å². The van der Waals surface area contributed by atoms with Crippen molar-refractivity contribution in [1.29, 1.82) is 0 Å². The first-order valence-corrected chi connectivity index (χ1v) is 10.00. The van der Waals surface area contributed by atoms with Gasteiger partial charge in [0.25, 0.3) is 5.91 Å². The number of carbonyl (C=O) groups excluding carboxylic acids is 2. The van der Waals surface area contributed by atoms with Gasteiger partial charge in [0.05, 0.1) is 5.56 Å². The number of hydrogen-bond donors (Lipinski definition) is 2. The Hall–Kier alpha value is -3.46. The maximum atomic E-state index is 13.4. The number of rotatable bonds is 7. The number of anilines is 1. The maximum absolute atomic E-state index is 13.4. The van der Waals surface area contributed by atoms with Crippen LogP contribution in [0.4, 0.5) is 5.69 Å². The van der Waals surface area contributed by atoms with Gasteiger partial charge in [-0.05, 0) is 43.5 Å². The lowest BCUT2D eigenvalue weighted by molar-refractivity contribution is -0.133. The molecule has 0 radical (unpaired) electrons. The van der Waals surface area contributed by atoms with Crippen molar-refractivity contribution in [3.05, 3.63) is 59.7 Å². The Labute approximate surface area is 184 Å². The first-order valence-electron chi connectivity index (χ1n) is 10.00. The fourth-order valence-electron chi connectivity index (χ4n) is 2.61. The van der Waals surface area contributed by atoms with E-state index in [0.717, 1.165) is 0 Å². The van der Waals surface area contributed by atoms with E-state index in [1.54, 1.807) is 42.5 Å². The second kappa shape index (κ2) is 9.57. The Bertz CT molecular complexity index is 984. The molecule has 1 atom stereocenters. The minimum Gasteiger partial charge on any atom is -0.481 e. The molecule has 0 aliphatic carbocycles. The minimum absolute atomic E-state index is 0.0159. The summed E-state index contributed by atoms with van der Waals surface area (Å²) in [5, 5.41) is 3.01. The Balaban J connectivity index is 2.44. The highest BCUT2D eigenvalue weighted by atomic mass is 16.5. The number of nitrogen functional groups attached to an aromatic ring is 1. The number of nitrogens with one attached hydrogen (secondary N) is 1. The van der Waals surface area contributed by atoms with E-state index in [1.807, 2.05) is 34.6 Å². The topological polar surface area (TPSA) is 90.7 Å². The monoisotopic (exact) mass is 422 g/mol. The minimum atomic E-state index is -1.25. The molecule has 6 nitrogen and oxygen atoms in total. The van der Waals surface area contributed by atoms with Gasteiger partial charge in [-0.2, -0.15) is 0 Å². The fraction of sp³-hybridized carbons (Fsp3) is 0.360. The average molecular weight is 423 g/mol. The van der Waals surface area contributed by atoms with Crippen molar-refractivity contribution in [2.45, 2.75) is 46.3 Å². The number of ether oxygens (including phenoxy) is 2. The van der Waals surface area contributed by atoms with Crippen molar-refractivity contribution in [2.75, 3.05) is 12.3 Å². The second-order valence-electron chi connectivity index (χ2n) is 8.81. The van der Waals surface area contributed by atoms with Crippen LogP contribution in [0, 0.1) is 17.8 Å². The summed E-state index contributed by atoms with van der Waals surface area (Å²) in [5.74, 6) is 1.63. The first kappa shape index (κ1) is 23.8. The summed E-state index contributed by atoms with van der Waals surface area (Å²) in [6, 6.07) is 13.2. The molecule has 3 N–H and O–H groups in total. The van der Waals surface area contributed by atoms with Crippen LogP contribution < -0.4 is 15.8 Å². The lowest BCUT2D eigenvalue weighted by Crippen LogP contribution is -2.54. The Morgan fingerprint density at radius 1 is 1.10 bits per heavy atom. The highest BCUT2D eigenvalue weighted by Gasteiger charge is 2.38. The van der Waals surface area contributed by atoms with Crippen molar-refractivity contribution in [3.63, 3.8) is 0 Å². The van der Waals surface area contributed by atoms with E-state index >= 15 is 0 Å². The standard InChI is InChI=1S/C25H30N2O4/c1-7-15-30-20-14-9-8-13-19(20)21(22(28)27-25(5,6)24(2,3)4)31-23(29)17-11-10-12-18(26)16-17/h1,8-14,16,21H,15,26H2,2-6H3,(H,27,28). The van der Waals surface area contributed by atoms with Crippen LogP contribution in [0.3, 0.4) is 0 Å². The number of benzene rings is 2. The molecule has 0 saturated carbocycles. The molecule has 31 heavy (non-hydrogen) atoms. The van der Waals surface area contributed by atoms with Crippen LogP contribution in [-0.4, -0.2) is 24.0 Å². The molecule has 0 aliphatic heterocycles. The fourth-order valence-corrected chi connectivity index (χ4v) is 2.61. The zero-order chi connectivity index (χ0) is 23.2. The van der Waals surface area contributed by atoms with Crippen molar-refractivity contribution < 1.29 is 19.1 Å². The van der Waals surface area contributed by atoms with Crippen LogP contribution in [0.25, 0.3) is 0 Å². The van der Waals surface area contributed by atoms with Crippen molar-refractivity contribution >= 4 is 17.6 Å². The third kappa shape index (κ3) is 6.02. The second-order valence-corrected chi connectivity index (χ2v) is 8.81. The lowest BCUT2D eigenvalue weighted by atomic mass is 9.76. The van der Waals surface area contributed by atoms with Crippen molar-refractivity contribution in [3.8, 4) is 18.1 Å².